The molecule has 1 aromatic rings. The van der Waals surface area contributed by atoms with E-state index in [0.29, 0.717) is 6.54 Å². The summed E-state index contributed by atoms with van der Waals surface area (Å²) < 4.78 is 1.08. The van der Waals surface area contributed by atoms with Crippen molar-refractivity contribution in [2.45, 2.75) is 13.5 Å². The molecule has 0 unspecified atom stereocenters. The van der Waals surface area contributed by atoms with E-state index >= 15 is 0 Å². The van der Waals surface area contributed by atoms with Crippen LogP contribution in [0.1, 0.15) is 9.75 Å². The van der Waals surface area contributed by atoms with Gasteiger partial charge >= 0.3 is 0 Å². The Hall–Kier alpha value is 0.1000. The molecule has 0 saturated carbocycles. The van der Waals surface area contributed by atoms with Gasteiger partial charge < -0.3 is 5.21 Å². The van der Waals surface area contributed by atoms with E-state index in [4.69, 9.17) is 5.21 Å². The maximum Gasteiger partial charge on any atom is 0.0590 e. The van der Waals surface area contributed by atoms with Crippen molar-refractivity contribution in [3.8, 4) is 0 Å². The first-order valence-corrected chi connectivity index (χ1v) is 4.85. The Bertz CT molecular complexity index is 247. The molecule has 0 aliphatic heterocycles. The number of hydroxylamine groups is 2. The van der Waals surface area contributed by atoms with Gasteiger partial charge in [-0.2, -0.15) is 5.06 Å². The first-order chi connectivity index (χ1) is 5.09. The summed E-state index contributed by atoms with van der Waals surface area (Å²) in [6.07, 6.45) is 0. The van der Waals surface area contributed by atoms with Crippen LogP contribution in [0.2, 0.25) is 0 Å². The molecule has 2 nitrogen and oxygen atoms in total. The normalized spacial score (nSPS) is 11.0. The average molecular weight is 236 g/mol. The number of hydrogen-bond acceptors (Lipinski definition) is 3. The van der Waals surface area contributed by atoms with Crippen LogP contribution >= 0.6 is 27.3 Å². The molecule has 0 atom stereocenters. The van der Waals surface area contributed by atoms with Crippen LogP contribution in [0.4, 0.5) is 0 Å². The van der Waals surface area contributed by atoms with E-state index in [1.807, 2.05) is 0 Å². The Kier molecular flexibility index (Phi) is 3.06. The minimum absolute atomic E-state index is 0.582. The highest BCUT2D eigenvalue weighted by atomic mass is 79.9. The molecule has 62 valence electrons. The third-order valence-corrected chi connectivity index (χ3v) is 3.26. The van der Waals surface area contributed by atoms with Crippen LogP contribution in [0.15, 0.2) is 10.5 Å². The van der Waals surface area contributed by atoms with Crippen molar-refractivity contribution < 1.29 is 5.21 Å². The van der Waals surface area contributed by atoms with Crippen molar-refractivity contribution in [1.82, 2.24) is 5.06 Å². The molecule has 0 amide bonds. The second-order valence-electron chi connectivity index (χ2n) is 2.44. The third kappa shape index (κ3) is 2.56. The lowest BCUT2D eigenvalue weighted by Gasteiger charge is -2.05. The second kappa shape index (κ2) is 3.67. The van der Waals surface area contributed by atoms with Gasteiger partial charge in [0, 0.05) is 21.3 Å². The molecule has 1 aromatic heterocycles. The molecule has 1 N–H and O–H groups in total. The fourth-order valence-corrected chi connectivity index (χ4v) is 2.68. The molecule has 0 aliphatic carbocycles. The molecule has 11 heavy (non-hydrogen) atoms. The monoisotopic (exact) mass is 235 g/mol. The fourth-order valence-electron chi connectivity index (χ4n) is 0.847. The molecule has 0 spiro atoms. The van der Waals surface area contributed by atoms with Crippen LogP contribution in [-0.2, 0) is 6.54 Å². The predicted octanol–water partition coefficient (Wildman–Crippen LogP) is 2.64. The van der Waals surface area contributed by atoms with E-state index in [1.54, 1.807) is 18.4 Å². The van der Waals surface area contributed by atoms with Crippen molar-refractivity contribution in [3.05, 3.63) is 20.3 Å². The smallest absolute Gasteiger partial charge is 0.0590 e. The van der Waals surface area contributed by atoms with Crippen LogP contribution in [0.5, 0.6) is 0 Å². The molecule has 0 aliphatic rings. The first-order valence-electron chi connectivity index (χ1n) is 3.24. The summed E-state index contributed by atoms with van der Waals surface area (Å²) in [5.41, 5.74) is 0. The van der Waals surface area contributed by atoms with Crippen LogP contribution in [-0.4, -0.2) is 17.3 Å². The first kappa shape index (κ1) is 9.19. The van der Waals surface area contributed by atoms with E-state index in [1.165, 1.54) is 9.94 Å². The number of halogens is 1. The molecule has 1 rings (SSSR count). The zero-order chi connectivity index (χ0) is 8.43. The Balaban J connectivity index is 2.77. The summed E-state index contributed by atoms with van der Waals surface area (Å²) in [6.45, 7) is 2.63. The zero-order valence-corrected chi connectivity index (χ0v) is 8.87. The minimum atomic E-state index is 0.582. The quantitative estimate of drug-likeness (QED) is 0.798. The summed E-state index contributed by atoms with van der Waals surface area (Å²) in [6, 6.07) is 2.06. The Morgan fingerprint density at radius 1 is 1.73 bits per heavy atom. The lowest BCUT2D eigenvalue weighted by atomic mass is 10.4. The lowest BCUT2D eigenvalue weighted by molar-refractivity contribution is -0.0724. The Morgan fingerprint density at radius 2 is 2.36 bits per heavy atom. The summed E-state index contributed by atoms with van der Waals surface area (Å²) in [7, 11) is 1.64. The summed E-state index contributed by atoms with van der Waals surface area (Å²) in [5, 5.41) is 10.1. The number of aryl methyl sites for hydroxylation is 1. The molecule has 0 saturated heterocycles. The number of hydrogen-bond donors (Lipinski definition) is 1. The van der Waals surface area contributed by atoms with Crippen LogP contribution in [0.25, 0.3) is 0 Å². The fraction of sp³-hybridized carbons (Fsp3) is 0.429. The highest BCUT2D eigenvalue weighted by Crippen LogP contribution is 2.27. The molecule has 0 fully saturated rings. The number of thiophene rings is 1. The number of nitrogens with zero attached hydrogens (tertiary/aromatic N) is 1. The molecule has 0 radical (unpaired) electrons. The SMILES string of the molecule is Cc1cc(Br)c(CN(C)O)s1. The van der Waals surface area contributed by atoms with Gasteiger partial charge in [0.2, 0.25) is 0 Å². The van der Waals surface area contributed by atoms with Gasteiger partial charge in [-0.15, -0.1) is 11.3 Å². The summed E-state index contributed by atoms with van der Waals surface area (Å²) in [5.74, 6) is 0. The predicted molar refractivity (Wildman–Crippen MR) is 50.0 cm³/mol. The summed E-state index contributed by atoms with van der Waals surface area (Å²) >= 11 is 5.11. The van der Waals surface area contributed by atoms with Gasteiger partial charge in [-0.05, 0) is 28.9 Å². The molecule has 0 aromatic carbocycles. The second-order valence-corrected chi connectivity index (χ2v) is 4.64. The molecule has 0 bridgehead atoms. The molecule has 4 heteroatoms. The van der Waals surface area contributed by atoms with E-state index in [-0.39, 0.29) is 0 Å². The van der Waals surface area contributed by atoms with Gasteiger partial charge in [0.1, 0.15) is 0 Å². The van der Waals surface area contributed by atoms with E-state index in [9.17, 15) is 0 Å². The van der Waals surface area contributed by atoms with Gasteiger partial charge in [-0.25, -0.2) is 0 Å². The van der Waals surface area contributed by atoms with Crippen molar-refractivity contribution >= 4 is 27.3 Å². The summed E-state index contributed by atoms with van der Waals surface area (Å²) in [4.78, 5) is 2.42. The Labute approximate surface area is 78.5 Å². The maximum atomic E-state index is 8.96. The number of rotatable bonds is 2. The topological polar surface area (TPSA) is 23.5 Å². The van der Waals surface area contributed by atoms with Crippen molar-refractivity contribution in [2.75, 3.05) is 7.05 Å². The van der Waals surface area contributed by atoms with Crippen molar-refractivity contribution in [2.24, 2.45) is 0 Å². The molecular weight excluding hydrogens is 226 g/mol. The van der Waals surface area contributed by atoms with E-state index < -0.39 is 0 Å². The van der Waals surface area contributed by atoms with Gasteiger partial charge in [0.05, 0.1) is 6.54 Å². The van der Waals surface area contributed by atoms with Crippen LogP contribution in [0, 0.1) is 6.92 Å². The molecule has 1 heterocycles. The van der Waals surface area contributed by atoms with Gasteiger partial charge in [0.25, 0.3) is 0 Å². The van der Waals surface area contributed by atoms with Gasteiger partial charge in [0.15, 0.2) is 0 Å². The standard InChI is InChI=1S/C7H10BrNOS/c1-5-3-6(8)7(11-5)4-9(2)10/h3,10H,4H2,1-2H3. The third-order valence-electron chi connectivity index (χ3n) is 1.25. The lowest BCUT2D eigenvalue weighted by Crippen LogP contribution is -2.10. The highest BCUT2D eigenvalue weighted by molar-refractivity contribution is 9.10. The van der Waals surface area contributed by atoms with E-state index in [0.717, 1.165) is 9.35 Å². The van der Waals surface area contributed by atoms with Crippen molar-refractivity contribution in [1.29, 1.82) is 0 Å². The van der Waals surface area contributed by atoms with Crippen LogP contribution < -0.4 is 0 Å². The zero-order valence-electron chi connectivity index (χ0n) is 6.47. The highest BCUT2D eigenvalue weighted by Gasteiger charge is 2.05. The minimum Gasteiger partial charge on any atom is -0.314 e. The van der Waals surface area contributed by atoms with E-state index in [2.05, 4.69) is 28.9 Å². The maximum absolute atomic E-state index is 8.96. The molecular formula is C7H10BrNOS. The van der Waals surface area contributed by atoms with Gasteiger partial charge in [-0.3, -0.25) is 0 Å². The van der Waals surface area contributed by atoms with Crippen molar-refractivity contribution in [3.63, 3.8) is 0 Å². The van der Waals surface area contributed by atoms with Crippen LogP contribution in [0.3, 0.4) is 0 Å². The largest absolute Gasteiger partial charge is 0.314 e. The Morgan fingerprint density at radius 3 is 2.73 bits per heavy atom. The van der Waals surface area contributed by atoms with Gasteiger partial charge in [-0.1, -0.05) is 0 Å². The average Bonchev–Trinajstić information content (AvgIpc) is 2.09.